The summed E-state index contributed by atoms with van der Waals surface area (Å²) >= 11 is 3.48. The van der Waals surface area contributed by atoms with Gasteiger partial charge in [-0.15, -0.1) is 0 Å². The number of hydrogen-bond acceptors (Lipinski definition) is 2. The Balaban J connectivity index is 2.68. The van der Waals surface area contributed by atoms with Crippen LogP contribution in [0.1, 0.15) is 24.9 Å². The fraction of sp³-hybridized carbons (Fsp3) is 0.455. The van der Waals surface area contributed by atoms with Crippen LogP contribution in [-0.4, -0.2) is 13.1 Å². The Morgan fingerprint density at radius 3 is 2.86 bits per heavy atom. The Kier molecular flexibility index (Phi) is 5.15. The molecule has 0 heterocycles. The van der Waals surface area contributed by atoms with Gasteiger partial charge in [-0.1, -0.05) is 35.0 Å². The van der Waals surface area contributed by atoms with Crippen LogP contribution in [-0.2, 0) is 0 Å². The lowest BCUT2D eigenvalue weighted by Crippen LogP contribution is -2.26. The molecule has 2 nitrogen and oxygen atoms in total. The second kappa shape index (κ2) is 6.17. The van der Waals surface area contributed by atoms with Crippen LogP contribution < -0.4 is 11.1 Å². The molecule has 0 aliphatic heterocycles. The van der Waals surface area contributed by atoms with Gasteiger partial charge in [-0.3, -0.25) is 0 Å². The largest absolute Gasteiger partial charge is 0.329 e. The summed E-state index contributed by atoms with van der Waals surface area (Å²) in [7, 11) is 0. The Bertz CT molecular complexity index is 276. The second-order valence-corrected chi connectivity index (χ2v) is 4.17. The van der Waals surface area contributed by atoms with E-state index in [1.165, 1.54) is 5.56 Å². The Morgan fingerprint density at radius 2 is 2.29 bits per heavy atom. The van der Waals surface area contributed by atoms with Crippen molar-refractivity contribution >= 4 is 15.9 Å². The highest BCUT2D eigenvalue weighted by atomic mass is 79.9. The molecular formula is C11H17BrN2. The van der Waals surface area contributed by atoms with Crippen molar-refractivity contribution in [2.45, 2.75) is 19.4 Å². The minimum atomic E-state index is 0.413. The molecule has 1 aromatic carbocycles. The summed E-state index contributed by atoms with van der Waals surface area (Å²) in [6.45, 7) is 3.73. The molecule has 0 spiro atoms. The highest BCUT2D eigenvalue weighted by molar-refractivity contribution is 9.10. The maximum Gasteiger partial charge on any atom is 0.0318 e. The molecule has 0 amide bonds. The molecule has 0 saturated carbocycles. The molecule has 0 aliphatic carbocycles. The van der Waals surface area contributed by atoms with Gasteiger partial charge in [-0.25, -0.2) is 0 Å². The molecule has 1 rings (SSSR count). The summed E-state index contributed by atoms with van der Waals surface area (Å²) in [4.78, 5) is 0. The molecule has 0 aliphatic rings. The van der Waals surface area contributed by atoms with E-state index in [1.54, 1.807) is 0 Å². The lowest BCUT2D eigenvalue weighted by molar-refractivity contribution is 0.526. The molecule has 1 unspecified atom stereocenters. The van der Waals surface area contributed by atoms with Crippen molar-refractivity contribution < 1.29 is 0 Å². The first-order valence-electron chi connectivity index (χ1n) is 4.96. The van der Waals surface area contributed by atoms with Gasteiger partial charge in [0.2, 0.25) is 0 Å². The third-order valence-corrected chi connectivity index (χ3v) is 2.69. The van der Waals surface area contributed by atoms with Crippen molar-refractivity contribution in [1.29, 1.82) is 0 Å². The SMILES string of the molecule is CCC(NCCN)c1cccc(Br)c1. The zero-order chi connectivity index (χ0) is 10.4. The van der Waals surface area contributed by atoms with Crippen LogP contribution in [0, 0.1) is 0 Å². The van der Waals surface area contributed by atoms with E-state index in [4.69, 9.17) is 5.73 Å². The topological polar surface area (TPSA) is 38.0 Å². The van der Waals surface area contributed by atoms with E-state index in [0.717, 1.165) is 17.4 Å². The van der Waals surface area contributed by atoms with Gasteiger partial charge in [-0.2, -0.15) is 0 Å². The Hall–Kier alpha value is -0.380. The summed E-state index contributed by atoms with van der Waals surface area (Å²) in [6, 6.07) is 8.81. The van der Waals surface area contributed by atoms with E-state index in [2.05, 4.69) is 46.4 Å². The van der Waals surface area contributed by atoms with E-state index in [9.17, 15) is 0 Å². The van der Waals surface area contributed by atoms with Crippen molar-refractivity contribution in [3.8, 4) is 0 Å². The maximum absolute atomic E-state index is 5.47. The third-order valence-electron chi connectivity index (χ3n) is 2.19. The molecule has 3 heteroatoms. The zero-order valence-corrected chi connectivity index (χ0v) is 10.0. The second-order valence-electron chi connectivity index (χ2n) is 3.26. The van der Waals surface area contributed by atoms with Gasteiger partial charge in [0.05, 0.1) is 0 Å². The first-order valence-corrected chi connectivity index (χ1v) is 5.76. The van der Waals surface area contributed by atoms with Crippen LogP contribution in [0.25, 0.3) is 0 Å². The first-order chi connectivity index (χ1) is 6.77. The van der Waals surface area contributed by atoms with Crippen LogP contribution in [0.5, 0.6) is 0 Å². The number of benzene rings is 1. The molecule has 0 aromatic heterocycles. The van der Waals surface area contributed by atoms with E-state index < -0.39 is 0 Å². The number of nitrogens with two attached hydrogens (primary N) is 1. The van der Waals surface area contributed by atoms with Crippen LogP contribution in [0.3, 0.4) is 0 Å². The average molecular weight is 257 g/mol. The summed E-state index contributed by atoms with van der Waals surface area (Å²) in [5.74, 6) is 0. The predicted octanol–water partition coefficient (Wildman–Crippen LogP) is 2.45. The van der Waals surface area contributed by atoms with Crippen molar-refractivity contribution in [2.24, 2.45) is 5.73 Å². The smallest absolute Gasteiger partial charge is 0.0318 e. The quantitative estimate of drug-likeness (QED) is 0.850. The normalized spacial score (nSPS) is 12.8. The van der Waals surface area contributed by atoms with Gasteiger partial charge < -0.3 is 11.1 Å². The van der Waals surface area contributed by atoms with Gasteiger partial charge >= 0.3 is 0 Å². The highest BCUT2D eigenvalue weighted by Gasteiger charge is 2.07. The van der Waals surface area contributed by atoms with Gasteiger partial charge in [0, 0.05) is 23.6 Å². The van der Waals surface area contributed by atoms with Crippen molar-refractivity contribution in [3.63, 3.8) is 0 Å². The summed E-state index contributed by atoms with van der Waals surface area (Å²) < 4.78 is 1.13. The summed E-state index contributed by atoms with van der Waals surface area (Å²) in [5, 5.41) is 3.42. The van der Waals surface area contributed by atoms with E-state index >= 15 is 0 Å². The summed E-state index contributed by atoms with van der Waals surface area (Å²) in [6.07, 6.45) is 1.08. The fourth-order valence-corrected chi connectivity index (χ4v) is 1.90. The Morgan fingerprint density at radius 1 is 1.50 bits per heavy atom. The highest BCUT2D eigenvalue weighted by Crippen LogP contribution is 2.20. The monoisotopic (exact) mass is 256 g/mol. The summed E-state index contributed by atoms with van der Waals surface area (Å²) in [5.41, 5.74) is 6.78. The van der Waals surface area contributed by atoms with Crippen molar-refractivity contribution in [1.82, 2.24) is 5.32 Å². The van der Waals surface area contributed by atoms with E-state index in [1.807, 2.05) is 6.07 Å². The number of halogens is 1. The third kappa shape index (κ3) is 3.40. The van der Waals surface area contributed by atoms with E-state index in [0.29, 0.717) is 12.6 Å². The predicted molar refractivity (Wildman–Crippen MR) is 64.2 cm³/mol. The number of hydrogen-bond donors (Lipinski definition) is 2. The molecule has 1 aromatic rings. The van der Waals surface area contributed by atoms with Gasteiger partial charge in [0.25, 0.3) is 0 Å². The van der Waals surface area contributed by atoms with Gasteiger partial charge in [-0.05, 0) is 24.1 Å². The first kappa shape index (κ1) is 11.7. The van der Waals surface area contributed by atoms with Gasteiger partial charge in [0.1, 0.15) is 0 Å². The molecule has 0 radical (unpaired) electrons. The fourth-order valence-electron chi connectivity index (χ4n) is 1.48. The van der Waals surface area contributed by atoms with E-state index in [-0.39, 0.29) is 0 Å². The molecule has 78 valence electrons. The Labute approximate surface area is 94.0 Å². The molecule has 3 N–H and O–H groups in total. The molecule has 1 atom stereocenters. The van der Waals surface area contributed by atoms with Crippen LogP contribution >= 0.6 is 15.9 Å². The lowest BCUT2D eigenvalue weighted by Gasteiger charge is -2.17. The molecule has 0 saturated heterocycles. The van der Waals surface area contributed by atoms with Crippen LogP contribution in [0.2, 0.25) is 0 Å². The number of rotatable bonds is 5. The molecule has 0 bridgehead atoms. The lowest BCUT2D eigenvalue weighted by atomic mass is 10.0. The zero-order valence-electron chi connectivity index (χ0n) is 8.46. The minimum Gasteiger partial charge on any atom is -0.329 e. The van der Waals surface area contributed by atoms with Crippen molar-refractivity contribution in [2.75, 3.05) is 13.1 Å². The average Bonchev–Trinajstić information content (AvgIpc) is 2.19. The standard InChI is InChI=1S/C11H17BrN2/c1-2-11(14-7-6-13)9-4-3-5-10(12)8-9/h3-5,8,11,14H,2,6-7,13H2,1H3. The molecule has 14 heavy (non-hydrogen) atoms. The maximum atomic E-state index is 5.47. The van der Waals surface area contributed by atoms with Crippen LogP contribution in [0.15, 0.2) is 28.7 Å². The number of nitrogens with one attached hydrogen (secondary N) is 1. The molecule has 0 fully saturated rings. The van der Waals surface area contributed by atoms with Crippen LogP contribution in [0.4, 0.5) is 0 Å². The molecular weight excluding hydrogens is 240 g/mol. The van der Waals surface area contributed by atoms with Crippen molar-refractivity contribution in [3.05, 3.63) is 34.3 Å². The minimum absolute atomic E-state index is 0.413. The van der Waals surface area contributed by atoms with Gasteiger partial charge in [0.15, 0.2) is 0 Å².